The maximum atomic E-state index is 11.0. The van der Waals surface area contributed by atoms with Gasteiger partial charge in [0.05, 0.1) is 11.4 Å². The van der Waals surface area contributed by atoms with Crippen molar-refractivity contribution in [3.8, 4) is 0 Å². The number of nitrogens with zero attached hydrogens (tertiary/aromatic N) is 4. The molecule has 0 aliphatic heterocycles. The van der Waals surface area contributed by atoms with Crippen LogP contribution >= 0.6 is 0 Å². The SMILES string of the molecule is CCc1nnc(N(CC(=O)O)C(C)CC)nc1CC. The van der Waals surface area contributed by atoms with Crippen molar-refractivity contribution in [1.82, 2.24) is 15.2 Å². The Morgan fingerprint density at radius 1 is 1.21 bits per heavy atom. The Hall–Kier alpha value is -1.72. The van der Waals surface area contributed by atoms with E-state index in [2.05, 4.69) is 15.2 Å². The molecule has 0 aromatic carbocycles. The van der Waals surface area contributed by atoms with E-state index in [-0.39, 0.29) is 12.6 Å². The lowest BCUT2D eigenvalue weighted by molar-refractivity contribution is -0.135. The first-order valence-electron chi connectivity index (χ1n) is 6.74. The molecule has 0 saturated heterocycles. The molecule has 0 spiro atoms. The van der Waals surface area contributed by atoms with Gasteiger partial charge in [-0.2, -0.15) is 5.10 Å². The highest BCUT2D eigenvalue weighted by atomic mass is 16.4. The molecule has 6 nitrogen and oxygen atoms in total. The summed E-state index contributed by atoms with van der Waals surface area (Å²) in [5.74, 6) is -0.479. The number of carboxylic acid groups (broad SMARTS) is 1. The minimum Gasteiger partial charge on any atom is -0.480 e. The van der Waals surface area contributed by atoms with E-state index in [9.17, 15) is 4.79 Å². The zero-order chi connectivity index (χ0) is 14.4. The van der Waals surface area contributed by atoms with Crippen LogP contribution in [0.3, 0.4) is 0 Å². The number of aromatic nitrogens is 3. The Kier molecular flexibility index (Phi) is 5.66. The van der Waals surface area contributed by atoms with Crippen LogP contribution < -0.4 is 4.90 Å². The van der Waals surface area contributed by atoms with E-state index in [1.54, 1.807) is 4.90 Å². The van der Waals surface area contributed by atoms with Gasteiger partial charge in [-0.15, -0.1) is 5.10 Å². The minimum absolute atomic E-state index is 0.0649. The summed E-state index contributed by atoms with van der Waals surface area (Å²) in [6.07, 6.45) is 2.38. The van der Waals surface area contributed by atoms with Gasteiger partial charge < -0.3 is 10.0 Å². The van der Waals surface area contributed by atoms with Crippen molar-refractivity contribution in [1.29, 1.82) is 0 Å². The summed E-state index contributed by atoms with van der Waals surface area (Å²) in [4.78, 5) is 17.1. The monoisotopic (exact) mass is 266 g/mol. The zero-order valence-electron chi connectivity index (χ0n) is 12.1. The molecule has 0 amide bonds. The van der Waals surface area contributed by atoms with E-state index < -0.39 is 5.97 Å². The van der Waals surface area contributed by atoms with Crippen molar-refractivity contribution in [3.63, 3.8) is 0 Å². The van der Waals surface area contributed by atoms with Gasteiger partial charge >= 0.3 is 5.97 Å². The zero-order valence-corrected chi connectivity index (χ0v) is 12.1. The molecule has 19 heavy (non-hydrogen) atoms. The van der Waals surface area contributed by atoms with Gasteiger partial charge in [0.25, 0.3) is 0 Å². The van der Waals surface area contributed by atoms with Gasteiger partial charge in [0.2, 0.25) is 5.95 Å². The largest absolute Gasteiger partial charge is 0.480 e. The molecule has 0 radical (unpaired) electrons. The highest BCUT2D eigenvalue weighted by molar-refractivity contribution is 5.72. The van der Waals surface area contributed by atoms with Gasteiger partial charge in [-0.05, 0) is 26.2 Å². The summed E-state index contributed by atoms with van der Waals surface area (Å²) in [7, 11) is 0. The molecule has 1 rings (SSSR count). The normalized spacial score (nSPS) is 12.2. The van der Waals surface area contributed by atoms with Gasteiger partial charge in [0.1, 0.15) is 6.54 Å². The number of carbonyl (C=O) groups is 1. The van der Waals surface area contributed by atoms with Crippen molar-refractivity contribution in [2.45, 2.75) is 53.0 Å². The second kappa shape index (κ2) is 7.01. The molecule has 0 bridgehead atoms. The van der Waals surface area contributed by atoms with Crippen LogP contribution in [0.15, 0.2) is 0 Å². The Bertz CT molecular complexity index is 437. The Morgan fingerprint density at radius 2 is 1.84 bits per heavy atom. The lowest BCUT2D eigenvalue weighted by Crippen LogP contribution is -2.38. The number of hydrogen-bond acceptors (Lipinski definition) is 5. The topological polar surface area (TPSA) is 79.2 Å². The van der Waals surface area contributed by atoms with Gasteiger partial charge in [0.15, 0.2) is 0 Å². The van der Waals surface area contributed by atoms with Gasteiger partial charge in [-0.1, -0.05) is 20.8 Å². The highest BCUT2D eigenvalue weighted by Crippen LogP contribution is 2.15. The van der Waals surface area contributed by atoms with E-state index in [1.807, 2.05) is 27.7 Å². The maximum absolute atomic E-state index is 11.0. The molecule has 106 valence electrons. The summed E-state index contributed by atoms with van der Waals surface area (Å²) in [6.45, 7) is 7.89. The van der Waals surface area contributed by atoms with E-state index in [0.29, 0.717) is 5.95 Å². The van der Waals surface area contributed by atoms with Gasteiger partial charge in [-0.3, -0.25) is 4.79 Å². The first kappa shape index (κ1) is 15.3. The van der Waals surface area contributed by atoms with Crippen LogP contribution in [0.4, 0.5) is 5.95 Å². The van der Waals surface area contributed by atoms with Crippen molar-refractivity contribution in [3.05, 3.63) is 11.4 Å². The number of aliphatic carboxylic acids is 1. The maximum Gasteiger partial charge on any atom is 0.323 e. The molecule has 0 aliphatic carbocycles. The van der Waals surface area contributed by atoms with Crippen molar-refractivity contribution < 1.29 is 9.90 Å². The lowest BCUT2D eigenvalue weighted by atomic mass is 10.2. The number of carboxylic acids is 1. The Labute approximate surface area is 113 Å². The quantitative estimate of drug-likeness (QED) is 0.809. The van der Waals surface area contributed by atoms with Crippen LogP contribution in [0.25, 0.3) is 0 Å². The minimum atomic E-state index is -0.887. The van der Waals surface area contributed by atoms with Crippen LogP contribution in [0.1, 0.15) is 45.5 Å². The predicted molar refractivity (Wildman–Crippen MR) is 73.3 cm³/mol. The van der Waals surface area contributed by atoms with Crippen LogP contribution in [0.5, 0.6) is 0 Å². The molecule has 1 atom stereocenters. The molecule has 1 heterocycles. The highest BCUT2D eigenvalue weighted by Gasteiger charge is 2.20. The first-order chi connectivity index (χ1) is 9.03. The van der Waals surface area contributed by atoms with Crippen LogP contribution in [0.2, 0.25) is 0 Å². The summed E-state index contributed by atoms with van der Waals surface area (Å²) in [6, 6.07) is 0.0649. The number of anilines is 1. The van der Waals surface area contributed by atoms with Crippen molar-refractivity contribution >= 4 is 11.9 Å². The van der Waals surface area contributed by atoms with E-state index in [4.69, 9.17) is 5.11 Å². The fraction of sp³-hybridized carbons (Fsp3) is 0.692. The van der Waals surface area contributed by atoms with E-state index in [0.717, 1.165) is 30.7 Å². The summed E-state index contributed by atoms with van der Waals surface area (Å²) in [5, 5.41) is 17.2. The van der Waals surface area contributed by atoms with Crippen LogP contribution in [-0.4, -0.2) is 38.8 Å². The third-order valence-corrected chi connectivity index (χ3v) is 3.18. The molecular weight excluding hydrogens is 244 g/mol. The molecule has 0 saturated carbocycles. The lowest BCUT2D eigenvalue weighted by Gasteiger charge is -2.26. The molecule has 0 aliphatic rings. The van der Waals surface area contributed by atoms with Crippen molar-refractivity contribution in [2.75, 3.05) is 11.4 Å². The third kappa shape index (κ3) is 3.87. The first-order valence-corrected chi connectivity index (χ1v) is 6.74. The third-order valence-electron chi connectivity index (χ3n) is 3.18. The number of aryl methyl sites for hydroxylation is 2. The number of hydrogen-bond donors (Lipinski definition) is 1. The average Bonchev–Trinajstić information content (AvgIpc) is 2.42. The second-order valence-corrected chi connectivity index (χ2v) is 4.49. The van der Waals surface area contributed by atoms with E-state index >= 15 is 0 Å². The number of rotatable bonds is 7. The molecule has 1 aromatic rings. The summed E-state index contributed by atoms with van der Waals surface area (Å²) < 4.78 is 0. The van der Waals surface area contributed by atoms with Gasteiger partial charge in [0, 0.05) is 6.04 Å². The molecule has 1 N–H and O–H groups in total. The smallest absolute Gasteiger partial charge is 0.323 e. The molecule has 0 fully saturated rings. The molecule has 1 unspecified atom stereocenters. The van der Waals surface area contributed by atoms with Crippen LogP contribution in [-0.2, 0) is 17.6 Å². The predicted octanol–water partition coefficient (Wildman–Crippen LogP) is 1.69. The summed E-state index contributed by atoms with van der Waals surface area (Å²) >= 11 is 0. The molecule has 1 aromatic heterocycles. The van der Waals surface area contributed by atoms with Gasteiger partial charge in [-0.25, -0.2) is 4.98 Å². The standard InChI is InChI=1S/C13H22N4O2/c1-5-9(4)17(8-12(18)19)13-14-10(6-2)11(7-3)15-16-13/h9H,5-8H2,1-4H3,(H,18,19). The fourth-order valence-electron chi connectivity index (χ4n) is 1.84. The average molecular weight is 266 g/mol. The van der Waals surface area contributed by atoms with E-state index in [1.165, 1.54) is 0 Å². The second-order valence-electron chi connectivity index (χ2n) is 4.49. The Morgan fingerprint density at radius 3 is 2.32 bits per heavy atom. The van der Waals surface area contributed by atoms with Crippen LogP contribution in [0, 0.1) is 0 Å². The van der Waals surface area contributed by atoms with Crippen molar-refractivity contribution in [2.24, 2.45) is 0 Å². The summed E-state index contributed by atoms with van der Waals surface area (Å²) in [5.41, 5.74) is 1.77. The molecule has 6 heteroatoms. The molecular formula is C13H22N4O2. The Balaban J connectivity index is 3.11. The fourth-order valence-corrected chi connectivity index (χ4v) is 1.84.